The Hall–Kier alpha value is -2.25. The van der Waals surface area contributed by atoms with Gasteiger partial charge >= 0.3 is 0 Å². The molecule has 2 rings (SSSR count). The average molecular weight is 275 g/mol. The van der Waals surface area contributed by atoms with E-state index in [4.69, 9.17) is 5.73 Å². The summed E-state index contributed by atoms with van der Waals surface area (Å²) < 4.78 is 1.51. The number of hydrogen-bond acceptors (Lipinski definition) is 5. The van der Waals surface area contributed by atoms with Crippen LogP contribution in [-0.2, 0) is 6.54 Å². The van der Waals surface area contributed by atoms with E-state index in [-0.39, 0.29) is 18.2 Å². The number of aromatic nitrogens is 3. The minimum atomic E-state index is -0.469. The quantitative estimate of drug-likeness (QED) is 0.671. The second-order valence-electron chi connectivity index (χ2n) is 4.27. The van der Waals surface area contributed by atoms with Crippen LogP contribution in [0.2, 0.25) is 0 Å². The minimum Gasteiger partial charge on any atom is -0.394 e. The fraction of sp³-hybridized carbons (Fsp3) is 0.308. The summed E-state index contributed by atoms with van der Waals surface area (Å²) in [5, 5.41) is 19.7. The summed E-state index contributed by atoms with van der Waals surface area (Å²) >= 11 is 0. The van der Waals surface area contributed by atoms with Gasteiger partial charge in [0.15, 0.2) is 5.69 Å². The predicted molar refractivity (Wildman–Crippen MR) is 72.8 cm³/mol. The summed E-state index contributed by atoms with van der Waals surface area (Å²) in [7, 11) is 0. The molecule has 0 bridgehead atoms. The molecule has 7 heteroatoms. The summed E-state index contributed by atoms with van der Waals surface area (Å²) in [4.78, 5) is 12.0. The fourth-order valence-corrected chi connectivity index (χ4v) is 1.80. The zero-order chi connectivity index (χ0) is 14.4. The second-order valence-corrected chi connectivity index (χ2v) is 4.27. The highest BCUT2D eigenvalue weighted by Crippen LogP contribution is 2.12. The first-order chi connectivity index (χ1) is 9.74. The van der Waals surface area contributed by atoms with E-state index in [1.165, 1.54) is 10.9 Å². The van der Waals surface area contributed by atoms with E-state index in [1.807, 2.05) is 30.3 Å². The third-order valence-electron chi connectivity index (χ3n) is 2.82. The van der Waals surface area contributed by atoms with E-state index in [1.54, 1.807) is 0 Å². The van der Waals surface area contributed by atoms with Gasteiger partial charge in [0.05, 0.1) is 25.4 Å². The smallest absolute Gasteiger partial charge is 0.274 e. The largest absolute Gasteiger partial charge is 0.394 e. The normalized spacial score (nSPS) is 12.1. The first kappa shape index (κ1) is 14.2. The Bertz CT molecular complexity index is 555. The van der Waals surface area contributed by atoms with Crippen molar-refractivity contribution in [1.29, 1.82) is 0 Å². The molecule has 0 saturated heterocycles. The van der Waals surface area contributed by atoms with E-state index in [0.717, 1.165) is 5.56 Å². The zero-order valence-corrected chi connectivity index (χ0v) is 10.9. The Balaban J connectivity index is 2.05. The summed E-state index contributed by atoms with van der Waals surface area (Å²) in [6.45, 7) is 0.739. The molecular weight excluding hydrogens is 258 g/mol. The van der Waals surface area contributed by atoms with Crippen molar-refractivity contribution in [3.8, 4) is 0 Å². The molecule has 0 fully saturated rings. The number of carbonyl (C=O) groups excluding carboxylic acids is 1. The molecule has 0 saturated carbocycles. The molecular formula is C13H17N5O2. The van der Waals surface area contributed by atoms with Gasteiger partial charge in [0.1, 0.15) is 0 Å². The van der Waals surface area contributed by atoms with E-state index < -0.39 is 6.04 Å². The number of benzene rings is 1. The molecule has 1 heterocycles. The topological polar surface area (TPSA) is 106 Å². The fourth-order valence-electron chi connectivity index (χ4n) is 1.80. The highest BCUT2D eigenvalue weighted by Gasteiger charge is 2.17. The van der Waals surface area contributed by atoms with Gasteiger partial charge in [-0.15, -0.1) is 5.10 Å². The highest BCUT2D eigenvalue weighted by molar-refractivity contribution is 5.92. The lowest BCUT2D eigenvalue weighted by atomic mass is 10.1. The molecule has 1 aromatic heterocycles. The lowest BCUT2D eigenvalue weighted by Gasteiger charge is -2.15. The first-order valence-corrected chi connectivity index (χ1v) is 6.31. The van der Waals surface area contributed by atoms with Crippen molar-refractivity contribution in [3.63, 3.8) is 0 Å². The van der Waals surface area contributed by atoms with Crippen LogP contribution in [-0.4, -0.2) is 39.2 Å². The molecule has 1 aromatic carbocycles. The van der Waals surface area contributed by atoms with Crippen LogP contribution in [0.1, 0.15) is 22.1 Å². The third-order valence-corrected chi connectivity index (χ3v) is 2.82. The van der Waals surface area contributed by atoms with Crippen LogP contribution in [0.3, 0.4) is 0 Å². The molecule has 1 atom stereocenters. The second kappa shape index (κ2) is 6.78. The van der Waals surface area contributed by atoms with Crippen molar-refractivity contribution in [2.45, 2.75) is 12.6 Å². The first-order valence-electron chi connectivity index (χ1n) is 6.31. The molecule has 4 N–H and O–H groups in total. The van der Waals surface area contributed by atoms with Gasteiger partial charge in [0.25, 0.3) is 5.91 Å². The van der Waals surface area contributed by atoms with E-state index in [9.17, 15) is 9.90 Å². The van der Waals surface area contributed by atoms with Gasteiger partial charge in [-0.05, 0) is 5.56 Å². The maximum atomic E-state index is 12.0. The SMILES string of the molecule is NCCn1cc(C(=O)N[C@H](CO)c2ccccc2)nn1. The number of nitrogens with zero attached hydrogens (tertiary/aromatic N) is 3. The standard InChI is InChI=1S/C13H17N5O2/c14-6-7-18-8-11(16-17-18)13(20)15-12(9-19)10-4-2-1-3-5-10/h1-5,8,12,19H,6-7,9,14H2,(H,15,20)/t12-/m1/s1. The van der Waals surface area contributed by atoms with Crippen molar-refractivity contribution in [2.75, 3.05) is 13.2 Å². The van der Waals surface area contributed by atoms with Gasteiger partial charge in [-0.25, -0.2) is 0 Å². The van der Waals surface area contributed by atoms with E-state index >= 15 is 0 Å². The molecule has 106 valence electrons. The molecule has 0 spiro atoms. The van der Waals surface area contributed by atoms with Crippen LogP contribution >= 0.6 is 0 Å². The summed E-state index contributed by atoms with van der Waals surface area (Å²) in [5.41, 5.74) is 6.43. The Morgan fingerprint density at radius 2 is 2.15 bits per heavy atom. The van der Waals surface area contributed by atoms with Gasteiger partial charge in [0, 0.05) is 6.54 Å². The van der Waals surface area contributed by atoms with E-state index in [2.05, 4.69) is 15.6 Å². The van der Waals surface area contributed by atoms with Crippen molar-refractivity contribution in [2.24, 2.45) is 5.73 Å². The van der Waals surface area contributed by atoms with Crippen LogP contribution in [0.15, 0.2) is 36.5 Å². The number of hydrogen-bond donors (Lipinski definition) is 3. The Morgan fingerprint density at radius 1 is 1.40 bits per heavy atom. The summed E-state index contributed by atoms with van der Waals surface area (Å²) in [6.07, 6.45) is 1.53. The summed E-state index contributed by atoms with van der Waals surface area (Å²) in [6, 6.07) is 8.78. The molecule has 0 aliphatic rings. The van der Waals surface area contributed by atoms with Crippen LogP contribution in [0.4, 0.5) is 0 Å². The van der Waals surface area contributed by atoms with Crippen molar-refractivity contribution >= 4 is 5.91 Å². The van der Waals surface area contributed by atoms with Gasteiger partial charge in [-0.3, -0.25) is 9.48 Å². The molecule has 2 aromatic rings. The number of nitrogens with two attached hydrogens (primary N) is 1. The predicted octanol–water partition coefficient (Wildman–Crippen LogP) is -0.300. The molecule has 20 heavy (non-hydrogen) atoms. The van der Waals surface area contributed by atoms with Crippen LogP contribution in [0.5, 0.6) is 0 Å². The van der Waals surface area contributed by atoms with Gasteiger partial charge in [-0.1, -0.05) is 35.5 Å². The highest BCUT2D eigenvalue weighted by atomic mass is 16.3. The number of aliphatic hydroxyl groups is 1. The number of carbonyl (C=O) groups is 1. The number of amides is 1. The average Bonchev–Trinajstić information content (AvgIpc) is 2.94. The number of rotatable bonds is 6. The van der Waals surface area contributed by atoms with Crippen molar-refractivity contribution < 1.29 is 9.90 Å². The monoisotopic (exact) mass is 275 g/mol. The Morgan fingerprint density at radius 3 is 2.80 bits per heavy atom. The Kier molecular flexibility index (Phi) is 4.80. The van der Waals surface area contributed by atoms with Crippen LogP contribution in [0.25, 0.3) is 0 Å². The maximum Gasteiger partial charge on any atom is 0.274 e. The molecule has 0 unspecified atom stereocenters. The van der Waals surface area contributed by atoms with Crippen LogP contribution < -0.4 is 11.1 Å². The minimum absolute atomic E-state index is 0.188. The lowest BCUT2D eigenvalue weighted by Crippen LogP contribution is -2.31. The van der Waals surface area contributed by atoms with Gasteiger partial charge in [-0.2, -0.15) is 0 Å². The molecule has 0 aliphatic heterocycles. The Labute approximate surface area is 116 Å². The van der Waals surface area contributed by atoms with Gasteiger partial charge in [0.2, 0.25) is 0 Å². The zero-order valence-electron chi connectivity index (χ0n) is 10.9. The number of nitrogens with one attached hydrogen (secondary N) is 1. The van der Waals surface area contributed by atoms with Crippen molar-refractivity contribution in [3.05, 3.63) is 47.8 Å². The number of aliphatic hydroxyl groups excluding tert-OH is 1. The van der Waals surface area contributed by atoms with E-state index in [0.29, 0.717) is 13.1 Å². The lowest BCUT2D eigenvalue weighted by molar-refractivity contribution is 0.0911. The van der Waals surface area contributed by atoms with Crippen LogP contribution in [0, 0.1) is 0 Å². The molecule has 0 radical (unpaired) electrons. The van der Waals surface area contributed by atoms with Gasteiger partial charge < -0.3 is 16.2 Å². The van der Waals surface area contributed by atoms with Crippen molar-refractivity contribution in [1.82, 2.24) is 20.3 Å². The molecule has 7 nitrogen and oxygen atoms in total. The summed E-state index contributed by atoms with van der Waals surface area (Å²) in [5.74, 6) is -0.379. The molecule has 1 amide bonds. The maximum absolute atomic E-state index is 12.0. The molecule has 0 aliphatic carbocycles. The third kappa shape index (κ3) is 3.40.